The van der Waals surface area contributed by atoms with Gasteiger partial charge < -0.3 is 4.90 Å². The van der Waals surface area contributed by atoms with E-state index in [1.807, 2.05) is 11.0 Å². The number of fused-ring (bicyclic) bond motifs is 2. The smallest absolute Gasteiger partial charge is 0.253 e. The molecule has 0 spiro atoms. The van der Waals surface area contributed by atoms with Crippen LogP contribution in [-0.4, -0.2) is 45.1 Å². The van der Waals surface area contributed by atoms with Gasteiger partial charge in [-0.15, -0.1) is 0 Å². The molecule has 2 heterocycles. The lowest BCUT2D eigenvalue weighted by atomic mass is 9.75. The molecule has 1 saturated heterocycles. The molecule has 4 rings (SSSR count). The summed E-state index contributed by atoms with van der Waals surface area (Å²) in [6, 6.07) is 5.48. The van der Waals surface area contributed by atoms with Crippen LogP contribution in [0.25, 0.3) is 0 Å². The molecule has 136 valence electrons. The molecular formula is C19H26N2O3S. The molecule has 25 heavy (non-hydrogen) atoms. The van der Waals surface area contributed by atoms with Crippen molar-refractivity contribution in [3.8, 4) is 0 Å². The Morgan fingerprint density at radius 2 is 1.84 bits per heavy atom. The van der Waals surface area contributed by atoms with Crippen LogP contribution in [-0.2, 0) is 16.4 Å². The summed E-state index contributed by atoms with van der Waals surface area (Å²) in [4.78, 5) is 15.0. The van der Waals surface area contributed by atoms with Crippen molar-refractivity contribution in [2.24, 2.45) is 11.8 Å². The van der Waals surface area contributed by atoms with Crippen molar-refractivity contribution in [2.45, 2.75) is 38.5 Å². The van der Waals surface area contributed by atoms with Crippen LogP contribution in [0.15, 0.2) is 18.2 Å². The number of amides is 1. The maximum Gasteiger partial charge on any atom is 0.253 e. The minimum Gasteiger partial charge on any atom is -0.338 e. The van der Waals surface area contributed by atoms with E-state index >= 15 is 0 Å². The SMILES string of the molecule is CS(=O)(=O)N1CCc2cc(C(=O)N3CC[C@@H]4CCCC[C@@H]4C3)ccc21. The lowest BCUT2D eigenvalue weighted by Crippen LogP contribution is -2.44. The summed E-state index contributed by atoms with van der Waals surface area (Å²) < 4.78 is 25.1. The molecule has 2 atom stereocenters. The monoisotopic (exact) mass is 362 g/mol. The van der Waals surface area contributed by atoms with Gasteiger partial charge in [-0.2, -0.15) is 0 Å². The first kappa shape index (κ1) is 16.9. The van der Waals surface area contributed by atoms with E-state index < -0.39 is 10.0 Å². The average Bonchev–Trinajstić information content (AvgIpc) is 3.04. The molecule has 1 aliphatic carbocycles. The number of carbonyl (C=O) groups is 1. The molecule has 5 nitrogen and oxygen atoms in total. The topological polar surface area (TPSA) is 57.7 Å². The van der Waals surface area contributed by atoms with E-state index in [1.54, 1.807) is 12.1 Å². The summed E-state index contributed by atoms with van der Waals surface area (Å²) >= 11 is 0. The quantitative estimate of drug-likeness (QED) is 0.813. The van der Waals surface area contributed by atoms with Gasteiger partial charge in [0.2, 0.25) is 10.0 Å². The third-order valence-electron chi connectivity index (χ3n) is 6.16. The number of hydrogen-bond acceptors (Lipinski definition) is 3. The Morgan fingerprint density at radius 3 is 2.60 bits per heavy atom. The minimum absolute atomic E-state index is 0.102. The average molecular weight is 362 g/mol. The van der Waals surface area contributed by atoms with Crippen LogP contribution in [0.4, 0.5) is 5.69 Å². The largest absolute Gasteiger partial charge is 0.338 e. The first-order valence-corrected chi connectivity index (χ1v) is 11.2. The number of piperidine rings is 1. The number of sulfonamides is 1. The minimum atomic E-state index is -3.24. The second-order valence-corrected chi connectivity index (χ2v) is 9.68. The number of hydrogen-bond donors (Lipinski definition) is 0. The molecule has 1 saturated carbocycles. The van der Waals surface area contributed by atoms with E-state index in [0.29, 0.717) is 24.4 Å². The van der Waals surface area contributed by atoms with E-state index in [4.69, 9.17) is 0 Å². The Balaban J connectivity index is 1.52. The number of anilines is 1. The van der Waals surface area contributed by atoms with E-state index in [0.717, 1.165) is 36.7 Å². The van der Waals surface area contributed by atoms with Gasteiger partial charge in [0, 0.05) is 25.2 Å². The van der Waals surface area contributed by atoms with Crippen molar-refractivity contribution in [3.05, 3.63) is 29.3 Å². The standard InChI is InChI=1S/C19H26N2O3S/c1-25(23,24)21-11-9-15-12-16(6-7-18(15)21)19(22)20-10-8-14-4-2-3-5-17(14)13-20/h6-7,12,14,17H,2-5,8-11,13H2,1H3/t14-,17+/m0/s1. The molecule has 1 aromatic carbocycles. The van der Waals surface area contributed by atoms with Gasteiger partial charge in [-0.1, -0.05) is 19.3 Å². The number of carbonyl (C=O) groups excluding carboxylic acids is 1. The zero-order valence-corrected chi connectivity index (χ0v) is 15.6. The molecule has 1 amide bonds. The normalized spacial score (nSPS) is 26.3. The van der Waals surface area contributed by atoms with E-state index in [2.05, 4.69) is 0 Å². The number of likely N-dealkylation sites (tertiary alicyclic amines) is 1. The van der Waals surface area contributed by atoms with Gasteiger partial charge in [0.05, 0.1) is 11.9 Å². The second-order valence-electron chi connectivity index (χ2n) is 7.77. The van der Waals surface area contributed by atoms with Crippen LogP contribution in [0, 0.1) is 11.8 Å². The second kappa shape index (κ2) is 6.31. The summed E-state index contributed by atoms with van der Waals surface area (Å²) in [5, 5.41) is 0. The predicted octanol–water partition coefficient (Wildman–Crippen LogP) is 2.66. The van der Waals surface area contributed by atoms with Gasteiger partial charge in [0.1, 0.15) is 0 Å². The molecule has 0 N–H and O–H groups in total. The van der Waals surface area contributed by atoms with E-state index in [9.17, 15) is 13.2 Å². The van der Waals surface area contributed by atoms with Gasteiger partial charge in [-0.05, 0) is 54.9 Å². The molecule has 0 unspecified atom stereocenters. The highest BCUT2D eigenvalue weighted by atomic mass is 32.2. The Kier molecular flexibility index (Phi) is 4.26. The van der Waals surface area contributed by atoms with Crippen LogP contribution >= 0.6 is 0 Å². The highest BCUT2D eigenvalue weighted by molar-refractivity contribution is 7.92. The molecule has 0 aromatic heterocycles. The first-order valence-electron chi connectivity index (χ1n) is 9.33. The molecule has 1 aromatic rings. The van der Waals surface area contributed by atoms with E-state index in [1.165, 1.54) is 36.2 Å². The van der Waals surface area contributed by atoms with Crippen molar-refractivity contribution in [1.29, 1.82) is 0 Å². The van der Waals surface area contributed by atoms with Gasteiger partial charge in [0.15, 0.2) is 0 Å². The van der Waals surface area contributed by atoms with Crippen molar-refractivity contribution < 1.29 is 13.2 Å². The third-order valence-corrected chi connectivity index (χ3v) is 7.34. The lowest BCUT2D eigenvalue weighted by molar-refractivity contribution is 0.0521. The Morgan fingerprint density at radius 1 is 1.08 bits per heavy atom. The molecule has 0 bridgehead atoms. The summed E-state index contributed by atoms with van der Waals surface area (Å²) in [5.74, 6) is 1.58. The first-order chi connectivity index (χ1) is 11.9. The van der Waals surface area contributed by atoms with Crippen molar-refractivity contribution in [1.82, 2.24) is 4.90 Å². The zero-order chi connectivity index (χ0) is 17.6. The fourth-order valence-electron chi connectivity index (χ4n) is 4.82. The van der Waals surface area contributed by atoms with E-state index in [-0.39, 0.29) is 5.91 Å². The fourth-order valence-corrected chi connectivity index (χ4v) is 5.78. The Hall–Kier alpha value is -1.56. The Bertz CT molecular complexity index is 790. The van der Waals surface area contributed by atoms with Gasteiger partial charge in [0.25, 0.3) is 5.91 Å². The van der Waals surface area contributed by atoms with Crippen LogP contribution in [0.1, 0.15) is 48.0 Å². The molecule has 3 aliphatic rings. The number of nitrogens with zero attached hydrogens (tertiary/aromatic N) is 2. The molecule has 0 radical (unpaired) electrons. The van der Waals surface area contributed by atoms with Crippen LogP contribution in [0.5, 0.6) is 0 Å². The maximum absolute atomic E-state index is 12.9. The van der Waals surface area contributed by atoms with Crippen LogP contribution < -0.4 is 4.31 Å². The summed E-state index contributed by atoms with van der Waals surface area (Å²) in [7, 11) is -3.24. The zero-order valence-electron chi connectivity index (χ0n) is 14.8. The Labute approximate surface area is 150 Å². The molecule has 2 aliphatic heterocycles. The predicted molar refractivity (Wildman–Crippen MR) is 98.3 cm³/mol. The maximum atomic E-state index is 12.9. The summed E-state index contributed by atoms with van der Waals surface area (Å²) in [6.45, 7) is 2.21. The molecule has 2 fully saturated rings. The van der Waals surface area contributed by atoms with Crippen molar-refractivity contribution in [3.63, 3.8) is 0 Å². The van der Waals surface area contributed by atoms with Crippen LogP contribution in [0.3, 0.4) is 0 Å². The molecular weight excluding hydrogens is 336 g/mol. The number of rotatable bonds is 2. The van der Waals surface area contributed by atoms with Gasteiger partial charge in [-0.25, -0.2) is 8.42 Å². The fraction of sp³-hybridized carbons (Fsp3) is 0.632. The summed E-state index contributed by atoms with van der Waals surface area (Å²) in [6.07, 6.45) is 8.25. The van der Waals surface area contributed by atoms with Gasteiger partial charge >= 0.3 is 0 Å². The highest BCUT2D eigenvalue weighted by Gasteiger charge is 2.34. The lowest BCUT2D eigenvalue weighted by Gasteiger charge is -2.41. The highest BCUT2D eigenvalue weighted by Crippen LogP contribution is 2.37. The number of benzene rings is 1. The van der Waals surface area contributed by atoms with Crippen molar-refractivity contribution >= 4 is 21.6 Å². The third kappa shape index (κ3) is 3.16. The van der Waals surface area contributed by atoms with Gasteiger partial charge in [-0.3, -0.25) is 9.10 Å². The molecule has 6 heteroatoms. The van der Waals surface area contributed by atoms with Crippen molar-refractivity contribution in [2.75, 3.05) is 30.2 Å². The van der Waals surface area contributed by atoms with Crippen LogP contribution in [0.2, 0.25) is 0 Å². The summed E-state index contributed by atoms with van der Waals surface area (Å²) in [5.41, 5.74) is 2.39.